The molecule has 1 rings (SSSR count). The molecule has 0 spiro atoms. The first-order valence-electron chi connectivity index (χ1n) is 5.17. The number of carbonyl (C=O) groups excluding carboxylic acids is 1. The molecule has 0 bridgehead atoms. The molecule has 0 fully saturated rings. The van der Waals surface area contributed by atoms with E-state index in [0.717, 1.165) is 22.1 Å². The van der Waals surface area contributed by atoms with E-state index in [1.54, 1.807) is 0 Å². The van der Waals surface area contributed by atoms with Crippen molar-refractivity contribution in [3.05, 3.63) is 33.8 Å². The number of esters is 1. The first kappa shape index (κ1) is 13.2. The van der Waals surface area contributed by atoms with Crippen molar-refractivity contribution in [1.29, 1.82) is 0 Å². The van der Waals surface area contributed by atoms with Gasteiger partial charge in [0.15, 0.2) is 0 Å². The molecule has 3 nitrogen and oxygen atoms in total. The maximum Gasteiger partial charge on any atom is 0.327 e. The molecule has 16 heavy (non-hydrogen) atoms. The number of hydrogen-bond donors (Lipinski definition) is 1. The molecular formula is C12H16BrNO2. The van der Waals surface area contributed by atoms with Crippen LogP contribution in [0, 0.1) is 6.92 Å². The van der Waals surface area contributed by atoms with E-state index < -0.39 is 0 Å². The number of carbonyl (C=O) groups is 1. The number of rotatable bonds is 4. The Balaban J connectivity index is 3.01. The van der Waals surface area contributed by atoms with Gasteiger partial charge in [-0.05, 0) is 30.7 Å². The van der Waals surface area contributed by atoms with Gasteiger partial charge in [0.25, 0.3) is 0 Å². The summed E-state index contributed by atoms with van der Waals surface area (Å²) in [6.07, 6.45) is 0. The molecule has 88 valence electrons. The van der Waals surface area contributed by atoms with Gasteiger partial charge in [0.2, 0.25) is 0 Å². The van der Waals surface area contributed by atoms with Crippen molar-refractivity contribution in [3.63, 3.8) is 0 Å². The summed E-state index contributed by atoms with van der Waals surface area (Å²) in [5.41, 5.74) is 2.03. The van der Waals surface area contributed by atoms with Gasteiger partial charge in [0, 0.05) is 4.47 Å². The maximum atomic E-state index is 11.6. The minimum absolute atomic E-state index is 0.261. The zero-order chi connectivity index (χ0) is 12.1. The Morgan fingerprint density at radius 3 is 2.75 bits per heavy atom. The van der Waals surface area contributed by atoms with Crippen LogP contribution >= 0.6 is 15.9 Å². The van der Waals surface area contributed by atoms with Gasteiger partial charge in [-0.2, -0.15) is 0 Å². The first-order valence-corrected chi connectivity index (χ1v) is 5.96. The predicted molar refractivity (Wildman–Crippen MR) is 67.3 cm³/mol. The lowest BCUT2D eigenvalue weighted by molar-refractivity contribution is -0.143. The molecule has 4 heteroatoms. The van der Waals surface area contributed by atoms with Crippen molar-refractivity contribution in [2.75, 3.05) is 13.7 Å². The van der Waals surface area contributed by atoms with Crippen LogP contribution in [0.1, 0.15) is 24.1 Å². The van der Waals surface area contributed by atoms with Gasteiger partial charge in [0.1, 0.15) is 6.04 Å². The summed E-state index contributed by atoms with van der Waals surface area (Å²) in [6, 6.07) is 5.45. The van der Waals surface area contributed by atoms with E-state index in [4.69, 9.17) is 4.74 Å². The predicted octanol–water partition coefficient (Wildman–Crippen LogP) is 2.58. The Bertz CT molecular complexity index is 379. The molecule has 1 aromatic carbocycles. The van der Waals surface area contributed by atoms with Crippen LogP contribution in [0.2, 0.25) is 0 Å². The van der Waals surface area contributed by atoms with E-state index in [1.165, 1.54) is 7.11 Å². The Labute approximate surface area is 104 Å². The number of halogens is 1. The summed E-state index contributed by atoms with van der Waals surface area (Å²) >= 11 is 3.43. The molecule has 1 aromatic rings. The quantitative estimate of drug-likeness (QED) is 0.865. The Hall–Kier alpha value is -0.870. The third-order valence-electron chi connectivity index (χ3n) is 2.36. The second-order valence-corrected chi connectivity index (χ2v) is 4.38. The summed E-state index contributed by atoms with van der Waals surface area (Å²) in [5, 5.41) is 3.11. The zero-order valence-electron chi connectivity index (χ0n) is 9.71. The lowest BCUT2D eigenvalue weighted by Crippen LogP contribution is -2.29. The molecule has 0 aromatic heterocycles. The van der Waals surface area contributed by atoms with Crippen molar-refractivity contribution < 1.29 is 9.53 Å². The minimum atomic E-state index is -0.387. The van der Waals surface area contributed by atoms with Gasteiger partial charge >= 0.3 is 5.97 Å². The summed E-state index contributed by atoms with van der Waals surface area (Å²) in [5.74, 6) is -0.261. The molecule has 1 N–H and O–H groups in total. The molecule has 1 unspecified atom stereocenters. The fraction of sp³-hybridized carbons (Fsp3) is 0.417. The molecule has 0 amide bonds. The van der Waals surface area contributed by atoms with Crippen molar-refractivity contribution in [2.45, 2.75) is 19.9 Å². The standard InChI is InChI=1S/C12H16BrNO2/c1-4-14-11(12(15)16-3)9-5-6-10(13)8(2)7-9/h5-7,11,14H,4H2,1-3H3. The van der Waals surface area contributed by atoms with E-state index in [-0.39, 0.29) is 12.0 Å². The number of likely N-dealkylation sites (N-methyl/N-ethyl adjacent to an activating group) is 1. The average molecular weight is 286 g/mol. The SMILES string of the molecule is CCNC(C(=O)OC)c1ccc(Br)c(C)c1. The number of nitrogens with one attached hydrogen (secondary N) is 1. The van der Waals surface area contributed by atoms with Crippen LogP contribution < -0.4 is 5.32 Å². The van der Waals surface area contributed by atoms with Crippen LogP contribution in [0.5, 0.6) is 0 Å². The van der Waals surface area contributed by atoms with Gasteiger partial charge in [-0.1, -0.05) is 35.0 Å². The summed E-state index contributed by atoms with van der Waals surface area (Å²) in [6.45, 7) is 4.67. The summed E-state index contributed by atoms with van der Waals surface area (Å²) in [4.78, 5) is 11.6. The minimum Gasteiger partial charge on any atom is -0.468 e. The second-order valence-electron chi connectivity index (χ2n) is 3.52. The van der Waals surface area contributed by atoms with Crippen LogP contribution in [0.3, 0.4) is 0 Å². The Kier molecular flexibility index (Phi) is 4.96. The lowest BCUT2D eigenvalue weighted by atomic mass is 10.0. The molecule has 0 heterocycles. The number of aryl methyl sites for hydroxylation is 1. The van der Waals surface area contributed by atoms with E-state index in [0.29, 0.717) is 0 Å². The highest BCUT2D eigenvalue weighted by Gasteiger charge is 2.20. The summed E-state index contributed by atoms with van der Waals surface area (Å²) in [7, 11) is 1.40. The third kappa shape index (κ3) is 3.06. The maximum absolute atomic E-state index is 11.6. The highest BCUT2D eigenvalue weighted by atomic mass is 79.9. The number of ether oxygens (including phenoxy) is 1. The highest BCUT2D eigenvalue weighted by Crippen LogP contribution is 2.22. The van der Waals surface area contributed by atoms with Gasteiger partial charge in [-0.15, -0.1) is 0 Å². The fourth-order valence-electron chi connectivity index (χ4n) is 1.51. The number of benzene rings is 1. The zero-order valence-corrected chi connectivity index (χ0v) is 11.3. The molecular weight excluding hydrogens is 270 g/mol. The highest BCUT2D eigenvalue weighted by molar-refractivity contribution is 9.10. The molecule has 0 saturated heterocycles. The molecule has 0 aliphatic rings. The summed E-state index contributed by atoms with van der Waals surface area (Å²) < 4.78 is 5.81. The Morgan fingerprint density at radius 2 is 2.25 bits per heavy atom. The fourth-order valence-corrected chi connectivity index (χ4v) is 1.75. The average Bonchev–Trinajstić information content (AvgIpc) is 2.29. The molecule has 0 saturated carbocycles. The van der Waals surface area contributed by atoms with E-state index in [1.807, 2.05) is 32.0 Å². The topological polar surface area (TPSA) is 38.3 Å². The van der Waals surface area contributed by atoms with Crippen LogP contribution in [0.4, 0.5) is 0 Å². The van der Waals surface area contributed by atoms with Crippen molar-refractivity contribution >= 4 is 21.9 Å². The monoisotopic (exact) mass is 285 g/mol. The largest absolute Gasteiger partial charge is 0.468 e. The first-order chi connectivity index (χ1) is 7.60. The molecule has 0 aliphatic carbocycles. The van der Waals surface area contributed by atoms with Crippen LogP contribution in [0.15, 0.2) is 22.7 Å². The van der Waals surface area contributed by atoms with Gasteiger partial charge in [0.05, 0.1) is 7.11 Å². The second kappa shape index (κ2) is 6.01. The van der Waals surface area contributed by atoms with E-state index in [9.17, 15) is 4.79 Å². The van der Waals surface area contributed by atoms with Gasteiger partial charge < -0.3 is 10.1 Å². The lowest BCUT2D eigenvalue weighted by Gasteiger charge is -2.16. The molecule has 1 atom stereocenters. The third-order valence-corrected chi connectivity index (χ3v) is 3.25. The van der Waals surface area contributed by atoms with E-state index >= 15 is 0 Å². The van der Waals surface area contributed by atoms with E-state index in [2.05, 4.69) is 21.2 Å². The molecule has 0 radical (unpaired) electrons. The van der Waals surface area contributed by atoms with Crippen LogP contribution in [-0.4, -0.2) is 19.6 Å². The van der Waals surface area contributed by atoms with Crippen molar-refractivity contribution in [2.24, 2.45) is 0 Å². The van der Waals surface area contributed by atoms with Gasteiger partial charge in [-0.25, -0.2) is 4.79 Å². The van der Waals surface area contributed by atoms with Crippen molar-refractivity contribution in [3.8, 4) is 0 Å². The Morgan fingerprint density at radius 1 is 1.56 bits per heavy atom. The molecule has 0 aliphatic heterocycles. The van der Waals surface area contributed by atoms with Crippen molar-refractivity contribution in [1.82, 2.24) is 5.32 Å². The van der Waals surface area contributed by atoms with Crippen LogP contribution in [-0.2, 0) is 9.53 Å². The van der Waals surface area contributed by atoms with Crippen LogP contribution in [0.25, 0.3) is 0 Å². The van der Waals surface area contributed by atoms with Gasteiger partial charge in [-0.3, -0.25) is 0 Å². The number of methoxy groups -OCH3 is 1. The smallest absolute Gasteiger partial charge is 0.327 e. The normalized spacial score (nSPS) is 12.2. The number of hydrogen-bond acceptors (Lipinski definition) is 3.